The summed E-state index contributed by atoms with van der Waals surface area (Å²) in [6.45, 7) is 0. The molecule has 0 fully saturated rings. The lowest BCUT2D eigenvalue weighted by Gasteiger charge is -2.18. The van der Waals surface area contributed by atoms with Crippen LogP contribution in [0.15, 0.2) is 52.3 Å². The number of benzene rings is 1. The topological polar surface area (TPSA) is 80.3 Å². The normalized spacial score (nSPS) is 22.3. The molecule has 3 atom stereocenters. The van der Waals surface area contributed by atoms with E-state index in [2.05, 4.69) is 0 Å². The van der Waals surface area contributed by atoms with Gasteiger partial charge >= 0.3 is 0 Å². The Labute approximate surface area is 110 Å². The van der Waals surface area contributed by atoms with Crippen LogP contribution in [-0.4, -0.2) is 17.5 Å². The lowest BCUT2D eigenvalue weighted by molar-refractivity contribution is 0.536. The molecule has 0 amide bonds. The molecule has 0 heterocycles. The number of rotatable bonds is 3. The number of hydrogen-bond donors (Lipinski definition) is 0. The summed E-state index contributed by atoms with van der Waals surface area (Å²) < 4.78 is 42.9. The minimum absolute atomic E-state index is 0.0893. The molecule has 0 radical (unpaired) electrons. The predicted molar refractivity (Wildman–Crippen MR) is 67.1 cm³/mol. The molecule has 0 N–H and O–H groups in total. The molecule has 1 aromatic carbocycles. The van der Waals surface area contributed by atoms with E-state index < -0.39 is 22.2 Å². The van der Waals surface area contributed by atoms with E-state index in [1.54, 1.807) is 24.3 Å². The molecule has 0 saturated heterocycles. The maximum absolute atomic E-state index is 10.7. The van der Waals surface area contributed by atoms with Crippen LogP contribution in [0.5, 0.6) is 0 Å². The zero-order chi connectivity index (χ0) is 13.1. The highest BCUT2D eigenvalue weighted by atomic mass is 32.2. The molecule has 1 aliphatic rings. The fourth-order valence-corrected chi connectivity index (χ4v) is 2.58. The molecule has 0 bridgehead atoms. The zero-order valence-corrected chi connectivity index (χ0v) is 10.9. The molecule has 3 unspecified atom stereocenters. The number of hydrogen-bond acceptors (Lipinski definition) is 4. The van der Waals surface area contributed by atoms with E-state index in [1.807, 2.05) is 6.08 Å². The Morgan fingerprint density at radius 1 is 1.06 bits per heavy atom. The Hall–Kier alpha value is -1.08. The summed E-state index contributed by atoms with van der Waals surface area (Å²) in [5.41, 5.74) is 0.965. The first kappa shape index (κ1) is 13.4. The van der Waals surface area contributed by atoms with Gasteiger partial charge < -0.3 is 9.11 Å². The van der Waals surface area contributed by atoms with Crippen molar-refractivity contribution in [3.63, 3.8) is 0 Å². The largest absolute Gasteiger partial charge is 0.768 e. The molecule has 0 saturated carbocycles. The Balaban J connectivity index is 2.13. The number of allylic oxidation sites excluding steroid dienone is 3. The Bertz CT molecular complexity index is 546. The van der Waals surface area contributed by atoms with Crippen molar-refractivity contribution in [2.75, 3.05) is 0 Å². The van der Waals surface area contributed by atoms with Crippen LogP contribution in [0.1, 0.15) is 17.9 Å². The monoisotopic (exact) mass is 282 g/mol. The lowest BCUT2D eigenvalue weighted by Crippen LogP contribution is -2.01. The molecule has 6 heteroatoms. The Kier molecular flexibility index (Phi) is 4.23. The van der Waals surface area contributed by atoms with Crippen LogP contribution in [-0.2, 0) is 22.2 Å². The van der Waals surface area contributed by atoms with Gasteiger partial charge in [-0.15, -0.1) is 0 Å². The molecular formula is C12H10O4S2-2. The van der Waals surface area contributed by atoms with Crippen LogP contribution in [0.4, 0.5) is 0 Å². The first-order valence-corrected chi connectivity index (χ1v) is 7.40. The summed E-state index contributed by atoms with van der Waals surface area (Å²) in [7, 11) is 0. The third-order valence-electron chi connectivity index (χ3n) is 2.76. The molecular weight excluding hydrogens is 272 g/mol. The standard InChI is InChI=1S/C12H12O4S2/c13-17(14)11-5-1-9(2-6-11)10-3-7-12(8-4-10)18(15)16/h1-3,5-8,10H,4H2,(H,13,14)(H,15,16)/p-2. The van der Waals surface area contributed by atoms with Gasteiger partial charge in [-0.1, -0.05) is 30.4 Å². The summed E-state index contributed by atoms with van der Waals surface area (Å²) in [5.74, 6) is 0.0893. The Morgan fingerprint density at radius 2 is 1.72 bits per heavy atom. The summed E-state index contributed by atoms with van der Waals surface area (Å²) in [6, 6.07) is 6.56. The molecule has 0 aliphatic heterocycles. The van der Waals surface area contributed by atoms with Crippen molar-refractivity contribution in [3.8, 4) is 0 Å². The highest BCUT2D eigenvalue weighted by molar-refractivity contribution is 7.83. The van der Waals surface area contributed by atoms with Gasteiger partial charge in [-0.3, -0.25) is 8.42 Å². The molecule has 1 aromatic rings. The average Bonchev–Trinajstić information content (AvgIpc) is 2.39. The van der Waals surface area contributed by atoms with Crippen LogP contribution in [0.3, 0.4) is 0 Å². The van der Waals surface area contributed by atoms with Crippen molar-refractivity contribution in [2.24, 2.45) is 0 Å². The van der Waals surface area contributed by atoms with Crippen molar-refractivity contribution >= 4 is 22.2 Å². The minimum Gasteiger partial charge on any atom is -0.768 e. The molecule has 1 aliphatic carbocycles. The van der Waals surface area contributed by atoms with E-state index >= 15 is 0 Å². The van der Waals surface area contributed by atoms with Gasteiger partial charge in [0.05, 0.1) is 0 Å². The van der Waals surface area contributed by atoms with Crippen molar-refractivity contribution in [2.45, 2.75) is 17.2 Å². The van der Waals surface area contributed by atoms with Gasteiger partial charge in [-0.2, -0.15) is 0 Å². The highest BCUT2D eigenvalue weighted by Crippen LogP contribution is 2.27. The average molecular weight is 282 g/mol. The van der Waals surface area contributed by atoms with Crippen LogP contribution in [0.2, 0.25) is 0 Å². The third kappa shape index (κ3) is 3.02. The Morgan fingerprint density at radius 3 is 2.17 bits per heavy atom. The van der Waals surface area contributed by atoms with E-state index in [9.17, 15) is 17.5 Å². The van der Waals surface area contributed by atoms with Gasteiger partial charge in [0.25, 0.3) is 0 Å². The van der Waals surface area contributed by atoms with E-state index in [1.165, 1.54) is 12.1 Å². The summed E-state index contributed by atoms with van der Waals surface area (Å²) >= 11 is -4.41. The summed E-state index contributed by atoms with van der Waals surface area (Å²) in [4.78, 5) is 0.541. The van der Waals surface area contributed by atoms with Gasteiger partial charge in [-0.05, 0) is 46.3 Å². The quantitative estimate of drug-likeness (QED) is 0.791. The molecule has 0 aromatic heterocycles. The van der Waals surface area contributed by atoms with E-state index in [0.717, 1.165) is 5.56 Å². The third-order valence-corrected chi connectivity index (χ3v) is 4.10. The highest BCUT2D eigenvalue weighted by Gasteiger charge is 2.11. The van der Waals surface area contributed by atoms with Crippen LogP contribution in [0, 0.1) is 0 Å². The van der Waals surface area contributed by atoms with Gasteiger partial charge in [0, 0.05) is 15.7 Å². The van der Waals surface area contributed by atoms with Gasteiger partial charge in [0.15, 0.2) is 0 Å². The molecule has 18 heavy (non-hydrogen) atoms. The zero-order valence-electron chi connectivity index (χ0n) is 9.28. The van der Waals surface area contributed by atoms with Crippen molar-refractivity contribution in [3.05, 3.63) is 53.0 Å². The van der Waals surface area contributed by atoms with Crippen LogP contribution in [0.25, 0.3) is 0 Å². The van der Waals surface area contributed by atoms with Crippen LogP contribution < -0.4 is 0 Å². The van der Waals surface area contributed by atoms with Crippen molar-refractivity contribution < 1.29 is 17.5 Å². The molecule has 0 spiro atoms. The molecule has 96 valence electrons. The van der Waals surface area contributed by atoms with Gasteiger partial charge in [0.1, 0.15) is 0 Å². The van der Waals surface area contributed by atoms with Crippen molar-refractivity contribution in [1.29, 1.82) is 0 Å². The summed E-state index contributed by atoms with van der Waals surface area (Å²) in [6.07, 6.45) is 5.64. The molecule has 4 nitrogen and oxygen atoms in total. The second-order valence-corrected chi connectivity index (χ2v) is 5.73. The first-order valence-electron chi connectivity index (χ1n) is 5.25. The minimum atomic E-state index is -2.22. The fourth-order valence-electron chi connectivity index (χ4n) is 1.80. The van der Waals surface area contributed by atoms with Gasteiger partial charge in [0.2, 0.25) is 0 Å². The van der Waals surface area contributed by atoms with E-state index in [0.29, 0.717) is 11.3 Å². The van der Waals surface area contributed by atoms with Crippen LogP contribution >= 0.6 is 0 Å². The lowest BCUT2D eigenvalue weighted by atomic mass is 9.93. The second-order valence-electron chi connectivity index (χ2n) is 3.85. The first-order chi connectivity index (χ1) is 8.58. The predicted octanol–water partition coefficient (Wildman–Crippen LogP) is 1.73. The second kappa shape index (κ2) is 5.71. The fraction of sp³-hybridized carbons (Fsp3) is 0.167. The smallest absolute Gasteiger partial charge is 0.0248 e. The van der Waals surface area contributed by atoms with Gasteiger partial charge in [-0.25, -0.2) is 0 Å². The van der Waals surface area contributed by atoms with E-state index in [4.69, 9.17) is 0 Å². The SMILES string of the molecule is O=S([O-])C1=CCC(c2ccc(S(=O)[O-])cc2)C=C1. The summed E-state index contributed by atoms with van der Waals surface area (Å²) in [5, 5.41) is 0. The molecule has 2 rings (SSSR count). The van der Waals surface area contributed by atoms with Crippen molar-refractivity contribution in [1.82, 2.24) is 0 Å². The maximum Gasteiger partial charge on any atom is 0.0248 e. The van der Waals surface area contributed by atoms with E-state index in [-0.39, 0.29) is 10.8 Å². The maximum atomic E-state index is 10.7.